The summed E-state index contributed by atoms with van der Waals surface area (Å²) in [6.07, 6.45) is 7.81. The van der Waals surface area contributed by atoms with Gasteiger partial charge in [-0.25, -0.2) is 0 Å². The van der Waals surface area contributed by atoms with Crippen molar-refractivity contribution >= 4 is 6.29 Å². The highest BCUT2D eigenvalue weighted by molar-refractivity contribution is 5.48. The van der Waals surface area contributed by atoms with Gasteiger partial charge in [-0.1, -0.05) is 33.6 Å². The fourth-order valence-electron chi connectivity index (χ4n) is 2.21. The van der Waals surface area contributed by atoms with Gasteiger partial charge in [0, 0.05) is 13.0 Å². The SMILES string of the molecule is CC(C)CC(C)CCCC(C)OCCCC=O. The highest BCUT2D eigenvalue weighted by Gasteiger charge is 2.07. The second-order valence-electron chi connectivity index (χ2n) is 5.66. The first-order valence-corrected chi connectivity index (χ1v) is 7.11. The lowest BCUT2D eigenvalue weighted by atomic mass is 9.93. The van der Waals surface area contributed by atoms with E-state index in [0.717, 1.165) is 37.6 Å². The molecule has 0 aromatic rings. The molecule has 2 unspecified atom stereocenters. The zero-order chi connectivity index (χ0) is 13.1. The van der Waals surface area contributed by atoms with Crippen LogP contribution >= 0.6 is 0 Å². The molecule has 0 saturated heterocycles. The molecule has 0 aliphatic heterocycles. The largest absolute Gasteiger partial charge is 0.378 e. The first kappa shape index (κ1) is 16.6. The number of rotatable bonds is 11. The lowest BCUT2D eigenvalue weighted by molar-refractivity contribution is -0.108. The van der Waals surface area contributed by atoms with E-state index in [4.69, 9.17) is 4.74 Å². The Bertz CT molecular complexity index is 178. The molecule has 0 aliphatic carbocycles. The van der Waals surface area contributed by atoms with E-state index in [2.05, 4.69) is 27.7 Å². The summed E-state index contributed by atoms with van der Waals surface area (Å²) in [5, 5.41) is 0. The van der Waals surface area contributed by atoms with Gasteiger partial charge in [0.25, 0.3) is 0 Å². The van der Waals surface area contributed by atoms with Crippen molar-refractivity contribution in [2.24, 2.45) is 11.8 Å². The van der Waals surface area contributed by atoms with Crippen LogP contribution in [0.25, 0.3) is 0 Å². The van der Waals surface area contributed by atoms with Crippen LogP contribution in [0, 0.1) is 11.8 Å². The van der Waals surface area contributed by atoms with E-state index in [1.165, 1.54) is 19.3 Å². The van der Waals surface area contributed by atoms with E-state index in [0.29, 0.717) is 12.5 Å². The molecule has 2 atom stereocenters. The van der Waals surface area contributed by atoms with E-state index in [1.807, 2.05) is 0 Å². The maximum absolute atomic E-state index is 10.1. The zero-order valence-corrected chi connectivity index (χ0v) is 12.1. The number of aldehydes is 1. The van der Waals surface area contributed by atoms with E-state index >= 15 is 0 Å². The van der Waals surface area contributed by atoms with Crippen LogP contribution in [0.2, 0.25) is 0 Å². The average molecular weight is 242 g/mol. The topological polar surface area (TPSA) is 26.3 Å². The maximum atomic E-state index is 10.1. The molecule has 0 radical (unpaired) electrons. The third-order valence-electron chi connectivity index (χ3n) is 3.05. The van der Waals surface area contributed by atoms with Gasteiger partial charge in [-0.15, -0.1) is 0 Å². The highest BCUT2D eigenvalue weighted by Crippen LogP contribution is 2.18. The number of carbonyl (C=O) groups is 1. The van der Waals surface area contributed by atoms with Gasteiger partial charge in [-0.2, -0.15) is 0 Å². The molecule has 0 N–H and O–H groups in total. The number of carbonyl (C=O) groups excluding carboxylic acids is 1. The quantitative estimate of drug-likeness (QED) is 0.400. The van der Waals surface area contributed by atoms with Crippen molar-refractivity contribution in [3.63, 3.8) is 0 Å². The van der Waals surface area contributed by atoms with Gasteiger partial charge in [0.15, 0.2) is 0 Å². The highest BCUT2D eigenvalue weighted by atomic mass is 16.5. The molecule has 0 saturated carbocycles. The molecule has 17 heavy (non-hydrogen) atoms. The molecule has 2 nitrogen and oxygen atoms in total. The molecule has 0 rings (SSSR count). The monoisotopic (exact) mass is 242 g/mol. The molecule has 0 spiro atoms. The van der Waals surface area contributed by atoms with Crippen molar-refractivity contribution in [3.05, 3.63) is 0 Å². The van der Waals surface area contributed by atoms with E-state index in [1.54, 1.807) is 0 Å². The lowest BCUT2D eigenvalue weighted by Gasteiger charge is -2.16. The summed E-state index contributed by atoms with van der Waals surface area (Å²) in [6, 6.07) is 0. The summed E-state index contributed by atoms with van der Waals surface area (Å²) in [5.41, 5.74) is 0. The van der Waals surface area contributed by atoms with Crippen LogP contribution in [0.5, 0.6) is 0 Å². The Hall–Kier alpha value is -0.370. The van der Waals surface area contributed by atoms with Crippen LogP contribution in [0.15, 0.2) is 0 Å². The van der Waals surface area contributed by atoms with Crippen molar-refractivity contribution in [3.8, 4) is 0 Å². The molecule has 0 heterocycles. The number of hydrogen-bond acceptors (Lipinski definition) is 2. The first-order chi connectivity index (χ1) is 8.06. The summed E-state index contributed by atoms with van der Waals surface area (Å²) in [4.78, 5) is 10.1. The van der Waals surface area contributed by atoms with Gasteiger partial charge in [-0.3, -0.25) is 0 Å². The van der Waals surface area contributed by atoms with Crippen molar-refractivity contribution < 1.29 is 9.53 Å². The summed E-state index contributed by atoms with van der Waals surface area (Å²) < 4.78 is 5.65. The second-order valence-corrected chi connectivity index (χ2v) is 5.66. The number of unbranched alkanes of at least 4 members (excludes halogenated alkanes) is 1. The summed E-state index contributed by atoms with van der Waals surface area (Å²) in [5.74, 6) is 1.64. The smallest absolute Gasteiger partial charge is 0.120 e. The molecule has 0 amide bonds. The van der Waals surface area contributed by atoms with Crippen LogP contribution < -0.4 is 0 Å². The van der Waals surface area contributed by atoms with Crippen molar-refractivity contribution in [1.29, 1.82) is 0 Å². The summed E-state index contributed by atoms with van der Waals surface area (Å²) in [7, 11) is 0. The maximum Gasteiger partial charge on any atom is 0.120 e. The molecule has 2 heteroatoms. The van der Waals surface area contributed by atoms with Crippen molar-refractivity contribution in [2.75, 3.05) is 6.61 Å². The van der Waals surface area contributed by atoms with Crippen molar-refractivity contribution in [2.45, 2.75) is 72.3 Å². The fourth-order valence-corrected chi connectivity index (χ4v) is 2.21. The first-order valence-electron chi connectivity index (χ1n) is 7.11. The van der Waals surface area contributed by atoms with E-state index in [9.17, 15) is 4.79 Å². The predicted octanol–water partition coefficient (Wildman–Crippen LogP) is 4.22. The molecular weight excluding hydrogens is 212 g/mol. The van der Waals surface area contributed by atoms with Crippen LogP contribution in [-0.4, -0.2) is 19.0 Å². The van der Waals surface area contributed by atoms with Gasteiger partial charge in [0.1, 0.15) is 6.29 Å². The Balaban J connectivity index is 3.37. The minimum Gasteiger partial charge on any atom is -0.378 e. The molecule has 0 bridgehead atoms. The van der Waals surface area contributed by atoms with Gasteiger partial charge >= 0.3 is 0 Å². The van der Waals surface area contributed by atoms with Gasteiger partial charge in [-0.05, 0) is 38.0 Å². The van der Waals surface area contributed by atoms with E-state index in [-0.39, 0.29) is 0 Å². The molecule has 102 valence electrons. The Morgan fingerprint density at radius 3 is 2.35 bits per heavy atom. The number of hydrogen-bond donors (Lipinski definition) is 0. The zero-order valence-electron chi connectivity index (χ0n) is 12.1. The third kappa shape index (κ3) is 11.9. The van der Waals surface area contributed by atoms with Gasteiger partial charge < -0.3 is 9.53 Å². The molecule has 0 aromatic carbocycles. The van der Waals surface area contributed by atoms with Crippen LogP contribution in [0.1, 0.15) is 66.2 Å². The second kappa shape index (κ2) is 10.8. The summed E-state index contributed by atoms with van der Waals surface area (Å²) in [6.45, 7) is 9.77. The Morgan fingerprint density at radius 2 is 1.76 bits per heavy atom. The van der Waals surface area contributed by atoms with Crippen LogP contribution in [0.3, 0.4) is 0 Å². The lowest BCUT2D eigenvalue weighted by Crippen LogP contribution is -2.10. The normalized spacial score (nSPS) is 14.9. The molecule has 0 fully saturated rings. The van der Waals surface area contributed by atoms with Gasteiger partial charge in [0.05, 0.1) is 6.10 Å². The predicted molar refractivity (Wildman–Crippen MR) is 73.2 cm³/mol. The Labute approximate surface area is 107 Å². The van der Waals surface area contributed by atoms with Crippen LogP contribution in [-0.2, 0) is 9.53 Å². The van der Waals surface area contributed by atoms with Gasteiger partial charge in [0.2, 0.25) is 0 Å². The van der Waals surface area contributed by atoms with Crippen LogP contribution in [0.4, 0.5) is 0 Å². The average Bonchev–Trinajstić information content (AvgIpc) is 2.23. The van der Waals surface area contributed by atoms with E-state index < -0.39 is 0 Å². The Morgan fingerprint density at radius 1 is 1.06 bits per heavy atom. The minimum absolute atomic E-state index is 0.341. The molecule has 0 aromatic heterocycles. The Kier molecular flexibility index (Phi) is 10.5. The minimum atomic E-state index is 0.341. The summed E-state index contributed by atoms with van der Waals surface area (Å²) >= 11 is 0. The third-order valence-corrected chi connectivity index (χ3v) is 3.05. The molecular formula is C15H30O2. The molecule has 0 aliphatic rings. The fraction of sp³-hybridized carbons (Fsp3) is 0.933. The van der Waals surface area contributed by atoms with Crippen molar-refractivity contribution in [1.82, 2.24) is 0 Å². The standard InChI is InChI=1S/C15H30O2/c1-13(2)12-14(3)8-7-9-15(4)17-11-6-5-10-16/h10,13-15H,5-9,11-12H2,1-4H3. The number of ether oxygens (including phenoxy) is 1.